The van der Waals surface area contributed by atoms with Gasteiger partial charge in [-0.1, -0.05) is 62.4 Å². The molecule has 0 unspecified atom stereocenters. The molecule has 1 N–H and O–H groups in total. The van der Waals surface area contributed by atoms with Gasteiger partial charge in [-0.2, -0.15) is 0 Å². The first-order chi connectivity index (χ1) is 15.8. The Bertz CT molecular complexity index is 981. The number of hydrogen-bond acceptors (Lipinski definition) is 4. The highest BCUT2D eigenvalue weighted by Gasteiger charge is 2.28. The summed E-state index contributed by atoms with van der Waals surface area (Å²) in [6.07, 6.45) is 1.83. The van der Waals surface area contributed by atoms with Gasteiger partial charge < -0.3 is 10.2 Å². The van der Waals surface area contributed by atoms with Gasteiger partial charge in [0, 0.05) is 33.1 Å². The zero-order valence-electron chi connectivity index (χ0n) is 19.7. The Kier molecular flexibility index (Phi) is 10.5. The lowest BCUT2D eigenvalue weighted by atomic mass is 10.1. The molecule has 0 aliphatic heterocycles. The van der Waals surface area contributed by atoms with Crippen LogP contribution < -0.4 is 5.32 Å². The molecule has 180 valence electrons. The fraction of sp³-hybridized carbons (Fsp3) is 0.440. The van der Waals surface area contributed by atoms with Crippen LogP contribution in [-0.2, 0) is 26.2 Å². The molecule has 0 aliphatic carbocycles. The van der Waals surface area contributed by atoms with Crippen LogP contribution in [0.15, 0.2) is 65.6 Å². The minimum atomic E-state index is -3.61. The second-order valence-corrected chi connectivity index (χ2v) is 10.0. The maximum absolute atomic E-state index is 13.2. The first kappa shape index (κ1) is 26.5. The molecule has 8 heteroatoms. The van der Waals surface area contributed by atoms with Gasteiger partial charge >= 0.3 is 0 Å². The highest BCUT2D eigenvalue weighted by atomic mass is 32.2. The molecule has 0 aromatic heterocycles. The Balaban J connectivity index is 2.08. The summed E-state index contributed by atoms with van der Waals surface area (Å²) in [5.41, 5.74) is 0.941. The van der Waals surface area contributed by atoms with Gasteiger partial charge in [0.05, 0.1) is 4.90 Å². The van der Waals surface area contributed by atoms with Crippen molar-refractivity contribution in [3.05, 3.63) is 66.2 Å². The van der Waals surface area contributed by atoms with Crippen LogP contribution in [0.5, 0.6) is 0 Å². The number of nitrogens with zero attached hydrogens (tertiary/aromatic N) is 2. The molecular weight excluding hydrogens is 438 g/mol. The topological polar surface area (TPSA) is 86.8 Å². The Hall–Kier alpha value is -2.71. The van der Waals surface area contributed by atoms with Crippen molar-refractivity contribution in [3.8, 4) is 0 Å². The number of amides is 2. The van der Waals surface area contributed by atoms with E-state index in [9.17, 15) is 18.0 Å². The summed E-state index contributed by atoms with van der Waals surface area (Å²) in [4.78, 5) is 27.8. The van der Waals surface area contributed by atoms with E-state index in [2.05, 4.69) is 5.32 Å². The number of carbonyl (C=O) groups is 2. The normalized spacial score (nSPS) is 12.4. The quantitative estimate of drug-likeness (QED) is 0.483. The van der Waals surface area contributed by atoms with Crippen molar-refractivity contribution in [2.75, 3.05) is 20.1 Å². The maximum Gasteiger partial charge on any atom is 0.242 e. The summed E-state index contributed by atoms with van der Waals surface area (Å²) >= 11 is 0. The summed E-state index contributed by atoms with van der Waals surface area (Å²) in [6, 6.07) is 17.2. The van der Waals surface area contributed by atoms with E-state index in [4.69, 9.17) is 0 Å². The van der Waals surface area contributed by atoms with Gasteiger partial charge in [0.15, 0.2) is 0 Å². The Labute approximate surface area is 197 Å². The lowest BCUT2D eigenvalue weighted by Gasteiger charge is -2.31. The first-order valence-electron chi connectivity index (χ1n) is 11.4. The fourth-order valence-electron chi connectivity index (χ4n) is 3.55. The van der Waals surface area contributed by atoms with E-state index in [-0.39, 0.29) is 29.7 Å². The van der Waals surface area contributed by atoms with E-state index < -0.39 is 16.1 Å². The van der Waals surface area contributed by atoms with E-state index in [0.29, 0.717) is 25.9 Å². The van der Waals surface area contributed by atoms with E-state index in [1.807, 2.05) is 44.2 Å². The summed E-state index contributed by atoms with van der Waals surface area (Å²) < 4.78 is 26.7. The van der Waals surface area contributed by atoms with Crippen LogP contribution in [0.1, 0.15) is 45.1 Å². The molecule has 33 heavy (non-hydrogen) atoms. The molecule has 0 fully saturated rings. The predicted molar refractivity (Wildman–Crippen MR) is 130 cm³/mol. The first-order valence-corrected chi connectivity index (χ1v) is 12.9. The highest BCUT2D eigenvalue weighted by molar-refractivity contribution is 7.89. The van der Waals surface area contributed by atoms with Crippen molar-refractivity contribution in [2.45, 2.75) is 57.0 Å². The van der Waals surface area contributed by atoms with E-state index in [1.165, 1.54) is 11.4 Å². The van der Waals surface area contributed by atoms with Gasteiger partial charge in [-0.3, -0.25) is 9.59 Å². The van der Waals surface area contributed by atoms with Crippen molar-refractivity contribution in [2.24, 2.45) is 0 Å². The predicted octanol–water partition coefficient (Wildman–Crippen LogP) is 3.42. The van der Waals surface area contributed by atoms with Crippen molar-refractivity contribution >= 4 is 21.8 Å². The monoisotopic (exact) mass is 473 g/mol. The molecule has 0 saturated carbocycles. The molecule has 0 spiro atoms. The van der Waals surface area contributed by atoms with E-state index >= 15 is 0 Å². The van der Waals surface area contributed by atoms with Crippen molar-refractivity contribution < 1.29 is 18.0 Å². The van der Waals surface area contributed by atoms with Gasteiger partial charge in [0.25, 0.3) is 0 Å². The van der Waals surface area contributed by atoms with E-state index in [1.54, 1.807) is 35.2 Å². The molecule has 0 radical (unpaired) electrons. The molecule has 2 aromatic rings. The average molecular weight is 474 g/mol. The molecule has 1 atom stereocenters. The van der Waals surface area contributed by atoms with Crippen molar-refractivity contribution in [3.63, 3.8) is 0 Å². The third-order valence-electron chi connectivity index (χ3n) is 5.45. The number of sulfonamides is 1. The summed E-state index contributed by atoms with van der Waals surface area (Å²) in [5.74, 6) is -0.324. The number of nitrogens with one attached hydrogen (secondary N) is 1. The number of rotatable bonds is 13. The van der Waals surface area contributed by atoms with Gasteiger partial charge in [0.2, 0.25) is 21.8 Å². The van der Waals surface area contributed by atoms with Crippen molar-refractivity contribution in [1.29, 1.82) is 0 Å². The molecule has 0 heterocycles. The number of benzene rings is 2. The summed E-state index contributed by atoms with van der Waals surface area (Å²) in [6.45, 7) is 4.97. The standard InChI is InChI=1S/C25H35N3O4S/c1-4-18-26-25(30)23(5-2)28(20-21-13-8-6-9-14-21)24(29)17-12-19-27(3)33(31,32)22-15-10-7-11-16-22/h6-11,13-16,23H,4-5,12,17-20H2,1-3H3,(H,26,30)/t23-/m0/s1. The van der Waals surface area contributed by atoms with Crippen LogP contribution in [0.3, 0.4) is 0 Å². The van der Waals surface area contributed by atoms with Gasteiger partial charge in [-0.05, 0) is 37.0 Å². The summed E-state index contributed by atoms with van der Waals surface area (Å²) in [7, 11) is -2.09. The Morgan fingerprint density at radius 1 is 0.970 bits per heavy atom. The van der Waals surface area contributed by atoms with E-state index in [0.717, 1.165) is 12.0 Å². The van der Waals surface area contributed by atoms with Gasteiger partial charge in [0.1, 0.15) is 6.04 Å². The van der Waals surface area contributed by atoms with Crippen LogP contribution >= 0.6 is 0 Å². The third-order valence-corrected chi connectivity index (χ3v) is 7.32. The van der Waals surface area contributed by atoms with Crippen LogP contribution in [0.25, 0.3) is 0 Å². The maximum atomic E-state index is 13.2. The molecule has 2 rings (SSSR count). The molecule has 0 bridgehead atoms. The molecule has 0 saturated heterocycles. The fourth-order valence-corrected chi connectivity index (χ4v) is 4.79. The van der Waals surface area contributed by atoms with Gasteiger partial charge in [-0.25, -0.2) is 12.7 Å². The SMILES string of the molecule is CCCNC(=O)[C@H](CC)N(Cc1ccccc1)C(=O)CCCN(C)S(=O)(=O)c1ccccc1. The minimum Gasteiger partial charge on any atom is -0.354 e. The minimum absolute atomic E-state index is 0.152. The van der Waals surface area contributed by atoms with Crippen LogP contribution in [0.2, 0.25) is 0 Å². The second kappa shape index (κ2) is 13.1. The smallest absolute Gasteiger partial charge is 0.242 e. The summed E-state index contributed by atoms with van der Waals surface area (Å²) in [5, 5.41) is 2.90. The van der Waals surface area contributed by atoms with Crippen LogP contribution in [0.4, 0.5) is 0 Å². The number of carbonyl (C=O) groups excluding carboxylic acids is 2. The molecule has 2 aromatic carbocycles. The molecule has 7 nitrogen and oxygen atoms in total. The zero-order valence-corrected chi connectivity index (χ0v) is 20.6. The van der Waals surface area contributed by atoms with Crippen LogP contribution in [-0.4, -0.2) is 55.6 Å². The largest absolute Gasteiger partial charge is 0.354 e. The second-order valence-electron chi connectivity index (χ2n) is 7.97. The molecule has 2 amide bonds. The lowest BCUT2D eigenvalue weighted by Crippen LogP contribution is -2.49. The van der Waals surface area contributed by atoms with Crippen LogP contribution in [0, 0.1) is 0 Å². The van der Waals surface area contributed by atoms with Gasteiger partial charge in [-0.15, -0.1) is 0 Å². The molecule has 0 aliphatic rings. The molecular formula is C25H35N3O4S. The average Bonchev–Trinajstić information content (AvgIpc) is 2.83. The van der Waals surface area contributed by atoms with Crippen molar-refractivity contribution in [1.82, 2.24) is 14.5 Å². The third kappa shape index (κ3) is 7.68. The lowest BCUT2D eigenvalue weighted by molar-refractivity contribution is -0.141. The number of hydrogen-bond donors (Lipinski definition) is 1. The zero-order chi connectivity index (χ0) is 24.3. The highest BCUT2D eigenvalue weighted by Crippen LogP contribution is 2.17. The Morgan fingerprint density at radius 2 is 1.58 bits per heavy atom. The Morgan fingerprint density at radius 3 is 2.15 bits per heavy atom.